The highest BCUT2D eigenvalue weighted by Crippen LogP contribution is 2.05. The molecule has 0 aromatic rings. The van der Waals surface area contributed by atoms with Gasteiger partial charge in [-0.2, -0.15) is 0 Å². The van der Waals surface area contributed by atoms with Gasteiger partial charge in [-0.3, -0.25) is 0 Å². The number of carbonyl (C=O) groups is 1. The fourth-order valence-corrected chi connectivity index (χ4v) is 1.32. The van der Waals surface area contributed by atoms with Crippen LogP contribution in [0.4, 0.5) is 4.79 Å². The van der Waals surface area contributed by atoms with Gasteiger partial charge in [0.1, 0.15) is 0 Å². The summed E-state index contributed by atoms with van der Waals surface area (Å²) in [6.07, 6.45) is 5.76. The van der Waals surface area contributed by atoms with Crippen molar-refractivity contribution in [3.05, 3.63) is 0 Å². The molecule has 0 saturated carbocycles. The van der Waals surface area contributed by atoms with Gasteiger partial charge in [-0.15, -0.1) is 24.8 Å². The summed E-state index contributed by atoms with van der Waals surface area (Å²) < 4.78 is 0. The van der Waals surface area contributed by atoms with Crippen LogP contribution in [0, 0.1) is 0 Å². The van der Waals surface area contributed by atoms with Gasteiger partial charge in [0, 0.05) is 12.6 Å². The molecule has 1 atom stereocenters. The molecule has 16 heavy (non-hydrogen) atoms. The van der Waals surface area contributed by atoms with Crippen molar-refractivity contribution in [3.8, 4) is 0 Å². The molecule has 0 aliphatic rings. The lowest BCUT2D eigenvalue weighted by molar-refractivity contribution is 0.194. The van der Waals surface area contributed by atoms with Crippen LogP contribution in [0.2, 0.25) is 0 Å². The van der Waals surface area contributed by atoms with Crippen molar-refractivity contribution in [2.24, 2.45) is 5.73 Å². The highest BCUT2D eigenvalue weighted by molar-refractivity contribution is 5.85. The third-order valence-electron chi connectivity index (χ3n) is 2.11. The average molecular weight is 275 g/mol. The van der Waals surface area contributed by atoms with Crippen LogP contribution >= 0.6 is 24.8 Å². The van der Waals surface area contributed by atoms with Crippen molar-refractivity contribution in [3.63, 3.8) is 0 Å². The number of unbranched alkanes of at least 4 members (excludes halogenated alkanes) is 4. The Morgan fingerprint density at radius 1 is 1.19 bits per heavy atom. The number of amides is 1. The largest absolute Gasteiger partial charge is 0.465 e. The van der Waals surface area contributed by atoms with E-state index in [1.54, 1.807) is 0 Å². The zero-order chi connectivity index (χ0) is 10.8. The van der Waals surface area contributed by atoms with Crippen LogP contribution in [-0.2, 0) is 0 Å². The van der Waals surface area contributed by atoms with E-state index in [1.807, 2.05) is 6.92 Å². The van der Waals surface area contributed by atoms with E-state index in [-0.39, 0.29) is 24.8 Å². The second-order valence-electron chi connectivity index (χ2n) is 3.77. The predicted octanol–water partition coefficient (Wildman–Crippen LogP) is 2.79. The molecule has 0 heterocycles. The minimum Gasteiger partial charge on any atom is -0.465 e. The topological polar surface area (TPSA) is 75.3 Å². The summed E-state index contributed by atoms with van der Waals surface area (Å²) in [6.45, 7) is 2.60. The summed E-state index contributed by atoms with van der Waals surface area (Å²) in [4.78, 5) is 10.1. The molecule has 4 nitrogen and oxygen atoms in total. The van der Waals surface area contributed by atoms with Gasteiger partial charge < -0.3 is 16.2 Å². The first-order chi connectivity index (χ1) is 6.63. The lowest BCUT2D eigenvalue weighted by atomic mass is 10.1. The first-order valence-electron chi connectivity index (χ1n) is 5.35. The Morgan fingerprint density at radius 3 is 2.19 bits per heavy atom. The monoisotopic (exact) mass is 274 g/mol. The number of nitrogens with one attached hydrogen (secondary N) is 1. The highest BCUT2D eigenvalue weighted by atomic mass is 35.5. The Bertz CT molecular complexity index is 158. The summed E-state index contributed by atoms with van der Waals surface area (Å²) in [6, 6.07) is 0.309. The predicted molar refractivity (Wildman–Crippen MR) is 71.9 cm³/mol. The maximum atomic E-state index is 10.1. The standard InChI is InChI=1S/C10H22N2O2.2ClH/c1-9(11)7-5-3-2-4-6-8-12-10(13)14;;/h9,12H,2-8,11H2,1H3,(H,13,14);2*1H. The van der Waals surface area contributed by atoms with Crippen molar-refractivity contribution < 1.29 is 9.90 Å². The van der Waals surface area contributed by atoms with Gasteiger partial charge in [-0.1, -0.05) is 25.7 Å². The summed E-state index contributed by atoms with van der Waals surface area (Å²) >= 11 is 0. The fourth-order valence-electron chi connectivity index (χ4n) is 1.32. The molecule has 1 unspecified atom stereocenters. The van der Waals surface area contributed by atoms with Crippen molar-refractivity contribution in [1.82, 2.24) is 5.32 Å². The second-order valence-corrected chi connectivity index (χ2v) is 3.77. The lowest BCUT2D eigenvalue weighted by Gasteiger charge is -2.04. The quantitative estimate of drug-likeness (QED) is 0.596. The zero-order valence-corrected chi connectivity index (χ0v) is 11.4. The summed E-state index contributed by atoms with van der Waals surface area (Å²) in [7, 11) is 0. The number of carboxylic acid groups (broad SMARTS) is 1. The second kappa shape index (κ2) is 14.8. The molecular formula is C10H24Cl2N2O2. The average Bonchev–Trinajstić information content (AvgIpc) is 2.08. The van der Waals surface area contributed by atoms with Crippen LogP contribution in [0.15, 0.2) is 0 Å². The Balaban J connectivity index is -0.000000845. The molecule has 4 N–H and O–H groups in total. The molecule has 0 fully saturated rings. The normalized spacial score (nSPS) is 10.9. The molecule has 0 radical (unpaired) electrons. The fraction of sp³-hybridized carbons (Fsp3) is 0.900. The Morgan fingerprint density at radius 2 is 1.69 bits per heavy atom. The van der Waals surface area contributed by atoms with Crippen molar-refractivity contribution in [2.45, 2.75) is 51.5 Å². The van der Waals surface area contributed by atoms with E-state index in [2.05, 4.69) is 5.32 Å². The van der Waals surface area contributed by atoms with Crippen LogP contribution in [0.25, 0.3) is 0 Å². The molecule has 100 valence electrons. The molecule has 0 aromatic carbocycles. The SMILES string of the molecule is CC(N)CCCCCCCNC(=O)O.Cl.Cl. The van der Waals surface area contributed by atoms with Gasteiger partial charge in [-0.25, -0.2) is 4.79 Å². The summed E-state index contributed by atoms with van der Waals surface area (Å²) in [5.74, 6) is 0. The Hall–Kier alpha value is -0.190. The molecular weight excluding hydrogens is 251 g/mol. The van der Waals surface area contributed by atoms with E-state index in [0.717, 1.165) is 19.3 Å². The highest BCUT2D eigenvalue weighted by Gasteiger charge is 1.95. The van der Waals surface area contributed by atoms with Crippen molar-refractivity contribution >= 4 is 30.9 Å². The van der Waals surface area contributed by atoms with Crippen LogP contribution in [0.5, 0.6) is 0 Å². The van der Waals surface area contributed by atoms with Crippen LogP contribution < -0.4 is 11.1 Å². The maximum absolute atomic E-state index is 10.1. The Labute approximate surface area is 110 Å². The first kappa shape index (κ1) is 21.1. The van der Waals surface area contributed by atoms with Gasteiger partial charge in [0.25, 0.3) is 0 Å². The lowest BCUT2D eigenvalue weighted by Crippen LogP contribution is -2.21. The molecule has 6 heteroatoms. The zero-order valence-electron chi connectivity index (χ0n) is 9.78. The first-order valence-corrected chi connectivity index (χ1v) is 5.35. The third-order valence-corrected chi connectivity index (χ3v) is 2.11. The van der Waals surface area contributed by atoms with Gasteiger partial charge in [0.15, 0.2) is 0 Å². The van der Waals surface area contributed by atoms with E-state index in [4.69, 9.17) is 10.8 Å². The summed E-state index contributed by atoms with van der Waals surface area (Å²) in [5.41, 5.74) is 5.61. The summed E-state index contributed by atoms with van der Waals surface area (Å²) in [5, 5.41) is 10.6. The molecule has 0 aliphatic heterocycles. The maximum Gasteiger partial charge on any atom is 0.404 e. The van der Waals surface area contributed by atoms with Gasteiger partial charge in [-0.05, 0) is 19.8 Å². The van der Waals surface area contributed by atoms with E-state index < -0.39 is 6.09 Å². The number of rotatable bonds is 8. The molecule has 0 saturated heterocycles. The van der Waals surface area contributed by atoms with Crippen molar-refractivity contribution in [2.75, 3.05) is 6.54 Å². The van der Waals surface area contributed by atoms with Gasteiger partial charge in [0.05, 0.1) is 0 Å². The minimum absolute atomic E-state index is 0. The third kappa shape index (κ3) is 19.4. The number of nitrogens with two attached hydrogens (primary N) is 1. The van der Waals surface area contributed by atoms with Crippen LogP contribution in [-0.4, -0.2) is 23.8 Å². The smallest absolute Gasteiger partial charge is 0.404 e. The number of halogens is 2. The molecule has 0 rings (SSSR count). The van der Waals surface area contributed by atoms with Gasteiger partial charge in [0.2, 0.25) is 0 Å². The van der Waals surface area contributed by atoms with Crippen LogP contribution in [0.1, 0.15) is 45.4 Å². The van der Waals surface area contributed by atoms with Crippen LogP contribution in [0.3, 0.4) is 0 Å². The van der Waals surface area contributed by atoms with E-state index in [9.17, 15) is 4.79 Å². The van der Waals surface area contributed by atoms with Gasteiger partial charge >= 0.3 is 6.09 Å². The number of hydrogen-bond donors (Lipinski definition) is 3. The van der Waals surface area contributed by atoms with E-state index >= 15 is 0 Å². The van der Waals surface area contributed by atoms with E-state index in [1.165, 1.54) is 19.3 Å². The van der Waals surface area contributed by atoms with E-state index in [0.29, 0.717) is 12.6 Å². The molecule has 1 amide bonds. The molecule has 0 aliphatic carbocycles. The Kier molecular flexibility index (Phi) is 19.6. The van der Waals surface area contributed by atoms with Crippen molar-refractivity contribution in [1.29, 1.82) is 0 Å². The molecule has 0 bridgehead atoms. The number of hydrogen-bond acceptors (Lipinski definition) is 2. The minimum atomic E-state index is -0.929. The molecule has 0 aromatic heterocycles. The molecule has 0 spiro atoms.